The second kappa shape index (κ2) is 19.8. The molecule has 8 aromatic carbocycles. The molecule has 0 saturated carbocycles. The summed E-state index contributed by atoms with van der Waals surface area (Å²) in [5.74, 6) is 1.67. The molecular weight excluding hydrogens is 857 g/mol. The van der Waals surface area contributed by atoms with E-state index < -0.39 is 0 Å². The van der Waals surface area contributed by atoms with E-state index in [9.17, 15) is 5.11 Å². The highest BCUT2D eigenvalue weighted by atomic mass is 16.4. The Morgan fingerprint density at radius 1 is 0.371 bits per heavy atom. The van der Waals surface area contributed by atoms with Crippen LogP contribution in [-0.2, 0) is 16.2 Å². The average Bonchev–Trinajstić information content (AvgIpc) is 3.97. The molecule has 10 rings (SSSR count). The van der Waals surface area contributed by atoms with E-state index in [2.05, 4.69) is 174 Å². The molecule has 0 aliphatic heterocycles. The third kappa shape index (κ3) is 11.0. The summed E-state index contributed by atoms with van der Waals surface area (Å²) in [7, 11) is 0. The fraction of sp³-hybridized carbons (Fsp3) is 0.231. The number of aromatic hydroxyl groups is 1. The van der Waals surface area contributed by atoms with Crippen molar-refractivity contribution in [1.29, 1.82) is 0 Å². The molecule has 2 aromatic heterocycles. The van der Waals surface area contributed by atoms with Gasteiger partial charge in [-0.15, -0.1) is 0 Å². The highest BCUT2D eigenvalue weighted by Crippen LogP contribution is 2.40. The van der Waals surface area contributed by atoms with Crippen molar-refractivity contribution >= 4 is 22.2 Å². The van der Waals surface area contributed by atoms with E-state index in [0.29, 0.717) is 17.5 Å². The van der Waals surface area contributed by atoms with Crippen LogP contribution in [0.15, 0.2) is 185 Å². The molecule has 5 nitrogen and oxygen atoms in total. The SMILES string of the molecule is Cc1ccccc1-c1cc(C(C)(C)C)cc2nc(-c3ccccc3)oc12.Cc1ccccc1-c1cc(C(C)(C)C)cc2oc(-c3ccccc3)nc12.Cc1ccccc1-c1cc(O)cc(C(C)(C)C)c1. The monoisotopic (exact) mass is 923 g/mol. The summed E-state index contributed by atoms with van der Waals surface area (Å²) < 4.78 is 12.4. The summed E-state index contributed by atoms with van der Waals surface area (Å²) in [5, 5.41) is 9.91. The molecule has 0 saturated heterocycles. The zero-order valence-electron chi connectivity index (χ0n) is 42.9. The lowest BCUT2D eigenvalue weighted by Gasteiger charge is -2.20. The lowest BCUT2D eigenvalue weighted by molar-refractivity contribution is 0.471. The van der Waals surface area contributed by atoms with Crippen LogP contribution >= 0.6 is 0 Å². The number of hydrogen-bond donors (Lipinski definition) is 1. The van der Waals surface area contributed by atoms with Crippen molar-refractivity contribution in [2.75, 3.05) is 0 Å². The third-order valence-electron chi connectivity index (χ3n) is 12.9. The molecular formula is C65H66N2O3. The Bertz CT molecular complexity index is 3230. The van der Waals surface area contributed by atoms with Gasteiger partial charge in [0.1, 0.15) is 16.8 Å². The van der Waals surface area contributed by atoms with Gasteiger partial charge in [-0.25, -0.2) is 9.97 Å². The summed E-state index contributed by atoms with van der Waals surface area (Å²) in [5.41, 5.74) is 19.9. The molecule has 70 heavy (non-hydrogen) atoms. The van der Waals surface area contributed by atoms with Crippen LogP contribution in [0.1, 0.15) is 95.7 Å². The van der Waals surface area contributed by atoms with Gasteiger partial charge in [-0.3, -0.25) is 0 Å². The average molecular weight is 923 g/mol. The van der Waals surface area contributed by atoms with E-state index in [1.807, 2.05) is 84.9 Å². The van der Waals surface area contributed by atoms with Gasteiger partial charge in [0.15, 0.2) is 11.2 Å². The van der Waals surface area contributed by atoms with Gasteiger partial charge in [-0.1, -0.05) is 178 Å². The van der Waals surface area contributed by atoms with Crippen molar-refractivity contribution in [3.63, 3.8) is 0 Å². The molecule has 0 spiro atoms. The molecule has 354 valence electrons. The van der Waals surface area contributed by atoms with E-state index in [-0.39, 0.29) is 16.2 Å². The van der Waals surface area contributed by atoms with E-state index in [1.54, 1.807) is 0 Å². The normalized spacial score (nSPS) is 11.8. The highest BCUT2D eigenvalue weighted by Gasteiger charge is 2.23. The number of benzene rings is 8. The van der Waals surface area contributed by atoms with Crippen molar-refractivity contribution in [2.45, 2.75) is 99.3 Å². The van der Waals surface area contributed by atoms with Crippen LogP contribution in [0.4, 0.5) is 0 Å². The summed E-state index contributed by atoms with van der Waals surface area (Å²) >= 11 is 0. The van der Waals surface area contributed by atoms with Gasteiger partial charge < -0.3 is 13.9 Å². The largest absolute Gasteiger partial charge is 0.508 e. The van der Waals surface area contributed by atoms with E-state index in [1.165, 1.54) is 44.5 Å². The summed E-state index contributed by atoms with van der Waals surface area (Å²) in [4.78, 5) is 9.66. The van der Waals surface area contributed by atoms with Gasteiger partial charge in [-0.05, 0) is 153 Å². The molecule has 0 bridgehead atoms. The second-order valence-corrected chi connectivity index (χ2v) is 21.5. The number of phenols is 1. The molecule has 0 atom stereocenters. The Morgan fingerprint density at radius 3 is 1.31 bits per heavy atom. The van der Waals surface area contributed by atoms with Gasteiger partial charge in [0, 0.05) is 22.3 Å². The molecule has 10 aromatic rings. The molecule has 2 heterocycles. The van der Waals surface area contributed by atoms with Crippen molar-refractivity contribution in [2.24, 2.45) is 0 Å². The van der Waals surface area contributed by atoms with E-state index in [0.717, 1.165) is 55.6 Å². The van der Waals surface area contributed by atoms with Crippen LogP contribution in [0.5, 0.6) is 5.75 Å². The second-order valence-electron chi connectivity index (χ2n) is 21.5. The van der Waals surface area contributed by atoms with Crippen LogP contribution in [0, 0.1) is 20.8 Å². The van der Waals surface area contributed by atoms with Crippen LogP contribution in [-0.4, -0.2) is 15.1 Å². The topological polar surface area (TPSA) is 72.3 Å². The van der Waals surface area contributed by atoms with Crippen LogP contribution in [0.2, 0.25) is 0 Å². The summed E-state index contributed by atoms with van der Waals surface area (Å²) in [6.45, 7) is 26.2. The Kier molecular flexibility index (Phi) is 13.9. The molecule has 5 heteroatoms. The number of aryl methyl sites for hydroxylation is 3. The Labute approximate surface area is 415 Å². The van der Waals surface area contributed by atoms with Gasteiger partial charge in [0.25, 0.3) is 0 Å². The molecule has 1 N–H and O–H groups in total. The number of aromatic nitrogens is 2. The van der Waals surface area contributed by atoms with Crippen LogP contribution < -0.4 is 0 Å². The fourth-order valence-corrected chi connectivity index (χ4v) is 8.59. The minimum atomic E-state index is 0.0331. The lowest BCUT2D eigenvalue weighted by Crippen LogP contribution is -2.11. The smallest absolute Gasteiger partial charge is 0.227 e. The maximum atomic E-state index is 9.91. The first-order valence-electron chi connectivity index (χ1n) is 24.3. The first kappa shape index (κ1) is 48.9. The molecule has 0 fully saturated rings. The standard InChI is InChI=1S/2C24H23NO.C17H20O/c1-16-10-8-9-13-19(16)20-14-18(24(2,3)4)15-21-22(20)25-23(26-21)17-11-6-5-7-12-17;1-16-10-8-9-13-19(16)20-14-18(24(2,3)4)15-21-22(20)26-23(25-21)17-11-6-5-7-12-17;1-12-7-5-6-8-16(12)13-9-14(17(2,3)4)11-15(18)10-13/h2*5-15H,1-4H3;5-11,18H,1-4H3. The predicted octanol–water partition coefficient (Wildman–Crippen LogP) is 18.2. The summed E-state index contributed by atoms with van der Waals surface area (Å²) in [6.07, 6.45) is 0. The van der Waals surface area contributed by atoms with Crippen molar-refractivity contribution in [1.82, 2.24) is 9.97 Å². The summed E-state index contributed by atoms with van der Waals surface area (Å²) in [6, 6.07) is 60.0. The Hall–Kier alpha value is -7.50. The minimum Gasteiger partial charge on any atom is -0.508 e. The fourth-order valence-electron chi connectivity index (χ4n) is 8.59. The van der Waals surface area contributed by atoms with Gasteiger partial charge in [-0.2, -0.15) is 0 Å². The lowest BCUT2D eigenvalue weighted by atomic mass is 9.84. The first-order chi connectivity index (χ1) is 33.2. The van der Waals surface area contributed by atoms with Gasteiger partial charge >= 0.3 is 0 Å². The Balaban J connectivity index is 0.000000144. The number of fused-ring (bicyclic) bond motifs is 2. The number of rotatable bonds is 5. The van der Waals surface area contributed by atoms with Crippen molar-refractivity contribution < 1.29 is 13.9 Å². The van der Waals surface area contributed by atoms with Crippen LogP contribution in [0.3, 0.4) is 0 Å². The number of phenolic OH excluding ortho intramolecular Hbond substituents is 1. The minimum absolute atomic E-state index is 0.0331. The zero-order valence-corrected chi connectivity index (χ0v) is 42.9. The molecule has 0 aliphatic carbocycles. The molecule has 0 radical (unpaired) electrons. The Morgan fingerprint density at radius 2 is 0.800 bits per heavy atom. The van der Waals surface area contributed by atoms with Gasteiger partial charge in [0.2, 0.25) is 11.8 Å². The predicted molar refractivity (Wildman–Crippen MR) is 294 cm³/mol. The maximum Gasteiger partial charge on any atom is 0.227 e. The molecule has 0 aliphatic rings. The first-order valence-corrected chi connectivity index (χ1v) is 24.3. The number of nitrogens with zero attached hydrogens (tertiary/aromatic N) is 2. The highest BCUT2D eigenvalue weighted by molar-refractivity contribution is 5.95. The number of oxazole rings is 2. The van der Waals surface area contributed by atoms with Gasteiger partial charge in [0.05, 0.1) is 0 Å². The maximum absolute atomic E-state index is 9.91. The van der Waals surface area contributed by atoms with Crippen molar-refractivity contribution in [3.05, 3.63) is 209 Å². The van der Waals surface area contributed by atoms with E-state index in [4.69, 9.17) is 18.8 Å². The molecule has 0 amide bonds. The quantitative estimate of drug-likeness (QED) is 0.186. The van der Waals surface area contributed by atoms with Crippen LogP contribution in [0.25, 0.3) is 78.5 Å². The molecule has 0 unspecified atom stereocenters. The van der Waals surface area contributed by atoms with Crippen molar-refractivity contribution in [3.8, 4) is 62.0 Å². The zero-order chi connectivity index (χ0) is 50.0. The van der Waals surface area contributed by atoms with E-state index >= 15 is 0 Å². The number of hydrogen-bond acceptors (Lipinski definition) is 5. The third-order valence-corrected chi connectivity index (χ3v) is 12.9.